The number of nitrogens with two attached hydrogens (primary N) is 1. The molecular weight excluding hydrogens is 214 g/mol. The number of hydrogen-bond donors (Lipinski definition) is 1. The Bertz CT molecular complexity index is 455. The van der Waals surface area contributed by atoms with E-state index in [0.29, 0.717) is 5.92 Å². The maximum absolute atomic E-state index is 6.41. The standard InChI is InChI=1S/C14H15NS/c15-14(13-7-4-8-16-13)9-12(10-14)11-5-2-1-3-6-11/h1-8,12H,9-10,15H2. The van der Waals surface area contributed by atoms with E-state index in [1.54, 1.807) is 11.3 Å². The Morgan fingerprint density at radius 2 is 1.81 bits per heavy atom. The van der Waals surface area contributed by atoms with Gasteiger partial charge >= 0.3 is 0 Å². The zero-order valence-electron chi connectivity index (χ0n) is 9.10. The van der Waals surface area contributed by atoms with Crippen LogP contribution in [0.1, 0.15) is 29.2 Å². The lowest BCUT2D eigenvalue weighted by Gasteiger charge is -2.44. The third-order valence-electron chi connectivity index (χ3n) is 3.50. The molecule has 16 heavy (non-hydrogen) atoms. The molecule has 0 aliphatic heterocycles. The van der Waals surface area contributed by atoms with E-state index in [-0.39, 0.29) is 5.54 Å². The fourth-order valence-electron chi connectivity index (χ4n) is 2.54. The fraction of sp³-hybridized carbons (Fsp3) is 0.286. The highest BCUT2D eigenvalue weighted by atomic mass is 32.1. The molecule has 3 rings (SSSR count). The molecule has 0 spiro atoms. The average molecular weight is 229 g/mol. The lowest BCUT2D eigenvalue weighted by molar-refractivity contribution is 0.214. The Labute approximate surface area is 99.9 Å². The van der Waals surface area contributed by atoms with Crippen molar-refractivity contribution in [2.75, 3.05) is 0 Å². The third-order valence-corrected chi connectivity index (χ3v) is 4.59. The Morgan fingerprint density at radius 3 is 2.44 bits per heavy atom. The molecule has 0 bridgehead atoms. The number of rotatable bonds is 2. The van der Waals surface area contributed by atoms with Gasteiger partial charge in [0.05, 0.1) is 5.54 Å². The molecule has 0 radical (unpaired) electrons. The van der Waals surface area contributed by atoms with Crippen LogP contribution in [0.5, 0.6) is 0 Å². The molecular formula is C14H15NS. The van der Waals surface area contributed by atoms with Gasteiger partial charge in [-0.05, 0) is 35.8 Å². The van der Waals surface area contributed by atoms with Crippen LogP contribution in [0.15, 0.2) is 47.8 Å². The number of benzene rings is 1. The van der Waals surface area contributed by atoms with Gasteiger partial charge in [-0.3, -0.25) is 0 Å². The molecule has 0 atom stereocenters. The van der Waals surface area contributed by atoms with Gasteiger partial charge in [0.25, 0.3) is 0 Å². The van der Waals surface area contributed by atoms with Gasteiger partial charge in [0, 0.05) is 4.88 Å². The largest absolute Gasteiger partial charge is 0.321 e. The first-order valence-corrected chi connectivity index (χ1v) is 6.54. The molecule has 1 fully saturated rings. The van der Waals surface area contributed by atoms with E-state index in [1.165, 1.54) is 10.4 Å². The first kappa shape index (κ1) is 10.1. The minimum atomic E-state index is -0.0608. The normalized spacial score (nSPS) is 28.7. The number of hydrogen-bond acceptors (Lipinski definition) is 2. The smallest absolute Gasteiger partial charge is 0.0515 e. The molecule has 2 aromatic rings. The minimum Gasteiger partial charge on any atom is -0.321 e. The van der Waals surface area contributed by atoms with Gasteiger partial charge in [-0.1, -0.05) is 36.4 Å². The van der Waals surface area contributed by atoms with E-state index >= 15 is 0 Å². The summed E-state index contributed by atoms with van der Waals surface area (Å²) in [7, 11) is 0. The molecule has 1 aliphatic carbocycles. The van der Waals surface area contributed by atoms with Crippen LogP contribution in [0, 0.1) is 0 Å². The minimum absolute atomic E-state index is 0.0608. The lowest BCUT2D eigenvalue weighted by Crippen LogP contribution is -2.47. The summed E-state index contributed by atoms with van der Waals surface area (Å²) in [6.45, 7) is 0. The molecule has 2 heteroatoms. The van der Waals surface area contributed by atoms with Crippen LogP contribution in [0.3, 0.4) is 0 Å². The van der Waals surface area contributed by atoms with Gasteiger partial charge in [0.2, 0.25) is 0 Å². The Balaban J connectivity index is 1.75. The summed E-state index contributed by atoms with van der Waals surface area (Å²) in [6, 6.07) is 14.9. The number of thiophene rings is 1. The van der Waals surface area contributed by atoms with Crippen LogP contribution in [-0.2, 0) is 5.54 Å². The van der Waals surface area contributed by atoms with Gasteiger partial charge in [0.15, 0.2) is 0 Å². The molecule has 1 aliphatic rings. The van der Waals surface area contributed by atoms with Gasteiger partial charge in [-0.15, -0.1) is 11.3 Å². The van der Waals surface area contributed by atoms with Crippen molar-refractivity contribution in [3.05, 3.63) is 58.3 Å². The van der Waals surface area contributed by atoms with Gasteiger partial charge in [-0.2, -0.15) is 0 Å². The Kier molecular flexibility index (Phi) is 2.34. The fourth-order valence-corrected chi connectivity index (χ4v) is 3.41. The molecule has 0 amide bonds. The highest BCUT2D eigenvalue weighted by molar-refractivity contribution is 7.10. The van der Waals surface area contributed by atoms with Crippen LogP contribution in [0.25, 0.3) is 0 Å². The van der Waals surface area contributed by atoms with E-state index in [9.17, 15) is 0 Å². The van der Waals surface area contributed by atoms with Crippen molar-refractivity contribution < 1.29 is 0 Å². The third kappa shape index (κ3) is 1.58. The van der Waals surface area contributed by atoms with Crippen LogP contribution < -0.4 is 5.73 Å². The molecule has 1 nitrogen and oxygen atoms in total. The summed E-state index contributed by atoms with van der Waals surface area (Å²) in [5.74, 6) is 0.647. The van der Waals surface area contributed by atoms with Gasteiger partial charge < -0.3 is 5.73 Å². The monoisotopic (exact) mass is 229 g/mol. The van der Waals surface area contributed by atoms with E-state index in [4.69, 9.17) is 5.73 Å². The van der Waals surface area contributed by atoms with E-state index in [2.05, 4.69) is 47.8 Å². The second kappa shape index (κ2) is 3.72. The van der Waals surface area contributed by atoms with Crippen molar-refractivity contribution in [1.82, 2.24) is 0 Å². The van der Waals surface area contributed by atoms with Gasteiger partial charge in [-0.25, -0.2) is 0 Å². The maximum Gasteiger partial charge on any atom is 0.0515 e. The molecule has 82 valence electrons. The van der Waals surface area contributed by atoms with Crippen molar-refractivity contribution in [3.63, 3.8) is 0 Å². The van der Waals surface area contributed by atoms with Crippen molar-refractivity contribution in [2.24, 2.45) is 5.73 Å². The molecule has 1 saturated carbocycles. The molecule has 1 aromatic carbocycles. The predicted molar refractivity (Wildman–Crippen MR) is 68.6 cm³/mol. The zero-order valence-corrected chi connectivity index (χ0v) is 9.91. The summed E-state index contributed by atoms with van der Waals surface area (Å²) in [5, 5.41) is 2.11. The molecule has 1 aromatic heterocycles. The van der Waals surface area contributed by atoms with Crippen LogP contribution in [0.4, 0.5) is 0 Å². The Hall–Kier alpha value is -1.12. The van der Waals surface area contributed by atoms with E-state index in [0.717, 1.165) is 12.8 Å². The predicted octanol–water partition coefficient (Wildman–Crippen LogP) is 3.48. The summed E-state index contributed by atoms with van der Waals surface area (Å²) in [6.07, 6.45) is 2.16. The van der Waals surface area contributed by atoms with Crippen LogP contribution in [-0.4, -0.2) is 0 Å². The first-order valence-electron chi connectivity index (χ1n) is 5.66. The summed E-state index contributed by atoms with van der Waals surface area (Å²) < 4.78 is 0. The topological polar surface area (TPSA) is 26.0 Å². The second-order valence-corrected chi connectivity index (χ2v) is 5.60. The zero-order chi connectivity index (χ0) is 11.0. The highest BCUT2D eigenvalue weighted by Crippen LogP contribution is 2.50. The average Bonchev–Trinajstić information content (AvgIpc) is 2.80. The van der Waals surface area contributed by atoms with E-state index in [1.807, 2.05) is 0 Å². The molecule has 1 heterocycles. The molecule has 0 saturated heterocycles. The second-order valence-electron chi connectivity index (χ2n) is 4.65. The summed E-state index contributed by atoms with van der Waals surface area (Å²) in [5.41, 5.74) is 7.78. The Morgan fingerprint density at radius 1 is 1.06 bits per heavy atom. The molecule has 0 unspecified atom stereocenters. The summed E-state index contributed by atoms with van der Waals surface area (Å²) >= 11 is 1.78. The maximum atomic E-state index is 6.41. The van der Waals surface area contributed by atoms with Crippen molar-refractivity contribution >= 4 is 11.3 Å². The SMILES string of the molecule is NC1(c2cccs2)CC(c2ccccc2)C1. The van der Waals surface area contributed by atoms with Gasteiger partial charge in [0.1, 0.15) is 0 Å². The first-order chi connectivity index (χ1) is 7.78. The molecule has 2 N–H and O–H groups in total. The quantitative estimate of drug-likeness (QED) is 0.838. The lowest BCUT2D eigenvalue weighted by atomic mass is 9.65. The van der Waals surface area contributed by atoms with Crippen molar-refractivity contribution in [1.29, 1.82) is 0 Å². The van der Waals surface area contributed by atoms with Crippen molar-refractivity contribution in [3.8, 4) is 0 Å². The van der Waals surface area contributed by atoms with E-state index < -0.39 is 0 Å². The van der Waals surface area contributed by atoms with Crippen LogP contribution in [0.2, 0.25) is 0 Å². The highest BCUT2D eigenvalue weighted by Gasteiger charge is 2.43. The van der Waals surface area contributed by atoms with Crippen molar-refractivity contribution in [2.45, 2.75) is 24.3 Å². The van der Waals surface area contributed by atoms with Crippen LogP contribution >= 0.6 is 11.3 Å². The summed E-state index contributed by atoms with van der Waals surface area (Å²) in [4.78, 5) is 1.33.